The number of rotatable bonds is 4. The zero-order valence-corrected chi connectivity index (χ0v) is 10.3. The Morgan fingerprint density at radius 2 is 1.67 bits per heavy atom. The van der Waals surface area contributed by atoms with Crippen LogP contribution in [0.1, 0.15) is 6.92 Å². The summed E-state index contributed by atoms with van der Waals surface area (Å²) in [6, 6.07) is 0. The summed E-state index contributed by atoms with van der Waals surface area (Å²) in [5, 5.41) is -1.51. The molecule has 0 unspecified atom stereocenters. The summed E-state index contributed by atoms with van der Waals surface area (Å²) in [6.45, 7) is 1.19. The van der Waals surface area contributed by atoms with Crippen LogP contribution in [0, 0.1) is 0 Å². The summed E-state index contributed by atoms with van der Waals surface area (Å²) < 4.78 is 54.6. The normalized spacial score (nSPS) is 12.2. The molecule has 0 fully saturated rings. The van der Waals surface area contributed by atoms with Gasteiger partial charge < -0.3 is 4.55 Å². The molecule has 9 heteroatoms. The van der Waals surface area contributed by atoms with Crippen LogP contribution in [0.15, 0.2) is 0 Å². The first-order chi connectivity index (χ1) is 4.77. The van der Waals surface area contributed by atoms with Gasteiger partial charge in [-0.1, -0.05) is 0 Å². The van der Waals surface area contributed by atoms with Crippen molar-refractivity contribution in [3.05, 3.63) is 0 Å². The first-order valence-electron chi connectivity index (χ1n) is 2.57. The topological polar surface area (TPSA) is 101 Å². The van der Waals surface area contributed by atoms with Crippen molar-refractivity contribution in [1.29, 1.82) is 0 Å². The van der Waals surface area contributed by atoms with Crippen LogP contribution in [0.25, 0.3) is 0 Å². The number of hydrogen-bond donors (Lipinski definition) is 0. The average molecular weight is 226 g/mol. The zero-order valence-electron chi connectivity index (χ0n) is 6.68. The predicted octanol–water partition coefficient (Wildman–Crippen LogP) is -4.14. The summed E-state index contributed by atoms with van der Waals surface area (Å²) in [7, 11) is -8.96. The summed E-state index contributed by atoms with van der Waals surface area (Å²) >= 11 is 0. The second-order valence-corrected chi connectivity index (χ2v) is 5.05. The van der Waals surface area contributed by atoms with Crippen molar-refractivity contribution in [2.24, 2.45) is 0 Å². The van der Waals surface area contributed by atoms with Crippen LogP contribution < -0.4 is 29.6 Å². The Bertz CT molecular complexity index is 302. The van der Waals surface area contributed by atoms with Gasteiger partial charge in [0.25, 0.3) is 10.1 Å². The predicted molar refractivity (Wildman–Crippen MR) is 35.1 cm³/mol. The van der Waals surface area contributed by atoms with Gasteiger partial charge in [-0.2, -0.15) is 8.42 Å². The molecule has 0 saturated carbocycles. The molecule has 68 valence electrons. The van der Waals surface area contributed by atoms with E-state index in [9.17, 15) is 21.4 Å². The van der Waals surface area contributed by atoms with Gasteiger partial charge in [-0.25, -0.2) is 8.42 Å². The molecule has 0 spiro atoms. The largest absolute Gasteiger partial charge is 1.00 e. The van der Waals surface area contributed by atoms with Crippen LogP contribution in [0.5, 0.6) is 0 Å². The Hall–Kier alpha value is 0.820. The molecule has 0 saturated heterocycles. The molecule has 0 bridgehead atoms. The smallest absolute Gasteiger partial charge is 0.747 e. The maximum absolute atomic E-state index is 10.4. The molecular formula is C3H7NaO6S2. The van der Waals surface area contributed by atoms with E-state index in [0.717, 1.165) is 0 Å². The van der Waals surface area contributed by atoms with Crippen LogP contribution in [0.4, 0.5) is 0 Å². The van der Waals surface area contributed by atoms with Crippen LogP contribution in [-0.2, 0) is 24.4 Å². The number of hydrogen-bond acceptors (Lipinski definition) is 6. The molecule has 0 aliphatic heterocycles. The first-order valence-corrected chi connectivity index (χ1v) is 5.73. The molecule has 0 aliphatic rings. The molecule has 0 heterocycles. The van der Waals surface area contributed by atoms with Crippen molar-refractivity contribution in [1.82, 2.24) is 0 Å². The van der Waals surface area contributed by atoms with E-state index in [1.165, 1.54) is 6.92 Å². The van der Waals surface area contributed by atoms with E-state index < -0.39 is 25.3 Å². The van der Waals surface area contributed by atoms with Gasteiger partial charge in [-0.15, -0.1) is 0 Å². The molecular weight excluding hydrogens is 219 g/mol. The van der Waals surface area contributed by atoms with E-state index in [4.69, 9.17) is 0 Å². The molecule has 0 N–H and O–H groups in total. The summed E-state index contributed by atoms with van der Waals surface area (Å²) in [6.07, 6.45) is 0. The molecule has 0 aromatic rings. The molecule has 6 nitrogen and oxygen atoms in total. The monoisotopic (exact) mass is 226 g/mol. The Kier molecular flexibility index (Phi) is 7.05. The van der Waals surface area contributed by atoms with Gasteiger partial charge in [-0.05, 0) is 6.92 Å². The van der Waals surface area contributed by atoms with Gasteiger partial charge in [0, 0.05) is 0 Å². The van der Waals surface area contributed by atoms with Gasteiger partial charge in [-0.3, -0.25) is 4.18 Å². The van der Waals surface area contributed by atoms with Crippen molar-refractivity contribution >= 4 is 20.2 Å². The molecule has 0 aromatic heterocycles. The van der Waals surface area contributed by atoms with E-state index in [2.05, 4.69) is 4.18 Å². The maximum atomic E-state index is 10.4. The second kappa shape index (κ2) is 5.53. The van der Waals surface area contributed by atoms with Crippen molar-refractivity contribution in [3.63, 3.8) is 0 Å². The fraction of sp³-hybridized carbons (Fsp3) is 1.00. The van der Waals surface area contributed by atoms with Crippen molar-refractivity contribution in [2.45, 2.75) is 6.92 Å². The SMILES string of the molecule is CCOS(=O)(=O)CS(=O)(=O)[O-].[Na+]. The summed E-state index contributed by atoms with van der Waals surface area (Å²) in [5.74, 6) is 0. The van der Waals surface area contributed by atoms with Crippen molar-refractivity contribution in [3.8, 4) is 0 Å². The van der Waals surface area contributed by atoms with E-state index in [1.807, 2.05) is 0 Å². The summed E-state index contributed by atoms with van der Waals surface area (Å²) in [4.78, 5) is 0. The van der Waals surface area contributed by atoms with Crippen LogP contribution in [-0.4, -0.2) is 33.1 Å². The zero-order chi connectivity index (χ0) is 9.12. The third-order valence-corrected chi connectivity index (χ3v) is 3.49. The fourth-order valence-electron chi connectivity index (χ4n) is 0.390. The fourth-order valence-corrected chi connectivity index (χ4v) is 2.44. The molecule has 0 radical (unpaired) electrons. The van der Waals surface area contributed by atoms with Crippen LogP contribution in [0.3, 0.4) is 0 Å². The van der Waals surface area contributed by atoms with Crippen molar-refractivity contribution in [2.75, 3.05) is 11.7 Å². The molecule has 0 aliphatic carbocycles. The van der Waals surface area contributed by atoms with E-state index in [-0.39, 0.29) is 36.2 Å². The quantitative estimate of drug-likeness (QED) is 0.274. The minimum atomic E-state index is -4.77. The standard InChI is InChI=1S/C3H8O6S2.Na/c1-2-9-11(7,8)3-10(4,5)6;/h2-3H2,1H3,(H,4,5,6);/q;+1/p-1. The Labute approximate surface area is 93.5 Å². The van der Waals surface area contributed by atoms with E-state index in [1.54, 1.807) is 0 Å². The van der Waals surface area contributed by atoms with Crippen molar-refractivity contribution < 1.29 is 55.1 Å². The van der Waals surface area contributed by atoms with Gasteiger partial charge in [0.1, 0.15) is 10.1 Å². The molecule has 12 heavy (non-hydrogen) atoms. The minimum absolute atomic E-state index is 0. The van der Waals surface area contributed by atoms with E-state index >= 15 is 0 Å². The third-order valence-electron chi connectivity index (χ3n) is 0.586. The second-order valence-electron chi connectivity index (χ2n) is 1.64. The van der Waals surface area contributed by atoms with Gasteiger partial charge in [0.15, 0.2) is 5.08 Å². The third kappa shape index (κ3) is 8.91. The Morgan fingerprint density at radius 3 is 1.92 bits per heavy atom. The summed E-state index contributed by atoms with van der Waals surface area (Å²) in [5.41, 5.74) is 0. The van der Waals surface area contributed by atoms with Gasteiger partial charge >= 0.3 is 29.6 Å². The Balaban J connectivity index is 0. The molecule has 0 amide bonds. The van der Waals surface area contributed by atoms with Gasteiger partial charge in [0.2, 0.25) is 0 Å². The van der Waals surface area contributed by atoms with Crippen LogP contribution in [0.2, 0.25) is 0 Å². The average Bonchev–Trinajstić information content (AvgIpc) is 1.55. The first kappa shape index (κ1) is 15.3. The van der Waals surface area contributed by atoms with Gasteiger partial charge in [0.05, 0.1) is 6.61 Å². The minimum Gasteiger partial charge on any atom is -0.747 e. The molecule has 0 aromatic carbocycles. The molecule has 0 atom stereocenters. The maximum Gasteiger partial charge on any atom is 1.00 e. The Morgan fingerprint density at radius 1 is 1.25 bits per heavy atom. The van der Waals surface area contributed by atoms with Crippen LogP contribution >= 0.6 is 0 Å². The molecule has 0 rings (SSSR count). The van der Waals surface area contributed by atoms with E-state index in [0.29, 0.717) is 0 Å².